The van der Waals surface area contributed by atoms with Crippen LogP contribution in [0.25, 0.3) is 0 Å². The van der Waals surface area contributed by atoms with Crippen LogP contribution in [0, 0.1) is 0 Å². The number of likely N-dealkylation sites (tertiary alicyclic amines) is 1. The summed E-state index contributed by atoms with van der Waals surface area (Å²) in [5, 5.41) is 20.9. The third-order valence-electron chi connectivity index (χ3n) is 2.92. The van der Waals surface area contributed by atoms with E-state index in [4.69, 9.17) is 0 Å². The molecule has 6 nitrogen and oxygen atoms in total. The van der Waals surface area contributed by atoms with Crippen molar-refractivity contribution in [2.45, 2.75) is 25.3 Å². The first-order chi connectivity index (χ1) is 8.26. The summed E-state index contributed by atoms with van der Waals surface area (Å²) >= 11 is 1.24. The summed E-state index contributed by atoms with van der Waals surface area (Å²) in [7, 11) is 1.74. The molecule has 1 aliphatic rings. The van der Waals surface area contributed by atoms with E-state index in [0.717, 1.165) is 19.3 Å². The van der Waals surface area contributed by atoms with Gasteiger partial charge in [-0.05, 0) is 19.3 Å². The minimum Gasteiger partial charge on any atom is -0.394 e. The number of hydrogen-bond acceptors (Lipinski definition) is 6. The fraction of sp³-hybridized carbons (Fsp3) is 0.700. The second kappa shape index (κ2) is 5.42. The largest absolute Gasteiger partial charge is 0.394 e. The Bertz CT molecular complexity index is 395. The van der Waals surface area contributed by atoms with Gasteiger partial charge in [0.25, 0.3) is 5.91 Å². The maximum Gasteiger partial charge on any atom is 0.285 e. The molecule has 1 unspecified atom stereocenters. The SMILES string of the molecule is CNc1nnc(C(=O)N2CCCCC2CO)s1. The summed E-state index contributed by atoms with van der Waals surface area (Å²) in [6, 6.07) is -0.0711. The number of anilines is 1. The second-order valence-electron chi connectivity index (χ2n) is 3.99. The van der Waals surface area contributed by atoms with Crippen LogP contribution in [-0.4, -0.2) is 52.4 Å². The van der Waals surface area contributed by atoms with E-state index in [2.05, 4.69) is 15.5 Å². The molecule has 0 aromatic carbocycles. The Labute approximate surface area is 104 Å². The Hall–Kier alpha value is -1.21. The van der Waals surface area contributed by atoms with Crippen molar-refractivity contribution >= 4 is 22.4 Å². The summed E-state index contributed by atoms with van der Waals surface area (Å²) in [6.07, 6.45) is 2.91. The Morgan fingerprint density at radius 1 is 1.59 bits per heavy atom. The Morgan fingerprint density at radius 3 is 3.06 bits per heavy atom. The molecule has 7 heteroatoms. The molecule has 1 aromatic heterocycles. The van der Waals surface area contributed by atoms with Crippen molar-refractivity contribution in [3.63, 3.8) is 0 Å². The Balaban J connectivity index is 2.12. The van der Waals surface area contributed by atoms with Gasteiger partial charge in [0, 0.05) is 13.6 Å². The molecule has 1 aliphatic heterocycles. The Morgan fingerprint density at radius 2 is 2.41 bits per heavy atom. The molecule has 0 aliphatic carbocycles. The van der Waals surface area contributed by atoms with Gasteiger partial charge < -0.3 is 15.3 Å². The summed E-state index contributed by atoms with van der Waals surface area (Å²) in [5.41, 5.74) is 0. The van der Waals surface area contributed by atoms with Crippen molar-refractivity contribution in [3.05, 3.63) is 5.01 Å². The van der Waals surface area contributed by atoms with E-state index in [1.54, 1.807) is 11.9 Å². The van der Waals surface area contributed by atoms with Gasteiger partial charge in [-0.25, -0.2) is 0 Å². The topological polar surface area (TPSA) is 78.4 Å². The molecule has 2 N–H and O–H groups in total. The molecule has 0 bridgehead atoms. The first-order valence-electron chi connectivity index (χ1n) is 5.69. The minimum atomic E-state index is -0.122. The summed E-state index contributed by atoms with van der Waals surface area (Å²) in [6.45, 7) is 0.710. The van der Waals surface area contributed by atoms with Gasteiger partial charge in [-0.2, -0.15) is 0 Å². The third-order valence-corrected chi connectivity index (χ3v) is 3.85. The van der Waals surface area contributed by atoms with Crippen LogP contribution in [0.3, 0.4) is 0 Å². The van der Waals surface area contributed by atoms with Crippen molar-refractivity contribution in [2.24, 2.45) is 0 Å². The van der Waals surface area contributed by atoms with Gasteiger partial charge in [-0.1, -0.05) is 11.3 Å². The highest BCUT2D eigenvalue weighted by molar-refractivity contribution is 7.17. The fourth-order valence-corrected chi connectivity index (χ4v) is 2.64. The lowest BCUT2D eigenvalue weighted by atomic mass is 10.0. The van der Waals surface area contributed by atoms with E-state index in [0.29, 0.717) is 16.7 Å². The lowest BCUT2D eigenvalue weighted by Crippen LogP contribution is -2.45. The molecule has 1 fully saturated rings. The summed E-state index contributed by atoms with van der Waals surface area (Å²) in [4.78, 5) is 13.9. The predicted molar refractivity (Wildman–Crippen MR) is 65.2 cm³/mol. The van der Waals surface area contributed by atoms with E-state index in [1.165, 1.54) is 11.3 Å². The highest BCUT2D eigenvalue weighted by Crippen LogP contribution is 2.22. The van der Waals surface area contributed by atoms with Gasteiger partial charge in [0.2, 0.25) is 10.1 Å². The number of nitrogens with one attached hydrogen (secondary N) is 1. The maximum absolute atomic E-state index is 12.2. The van der Waals surface area contributed by atoms with Crippen LogP contribution in [0.15, 0.2) is 0 Å². The van der Waals surface area contributed by atoms with Gasteiger partial charge >= 0.3 is 0 Å². The third kappa shape index (κ3) is 2.55. The van der Waals surface area contributed by atoms with Crippen molar-refractivity contribution in [2.75, 3.05) is 25.5 Å². The van der Waals surface area contributed by atoms with Crippen LogP contribution in [0.5, 0.6) is 0 Å². The molecule has 2 rings (SSSR count). The minimum absolute atomic E-state index is 0.0173. The van der Waals surface area contributed by atoms with E-state index < -0.39 is 0 Å². The molecular formula is C10H16N4O2S. The molecule has 1 amide bonds. The van der Waals surface area contributed by atoms with E-state index in [1.807, 2.05) is 0 Å². The van der Waals surface area contributed by atoms with E-state index in [-0.39, 0.29) is 18.6 Å². The summed E-state index contributed by atoms with van der Waals surface area (Å²) in [5.74, 6) is -0.122. The van der Waals surface area contributed by atoms with Gasteiger partial charge in [0.1, 0.15) is 0 Å². The zero-order chi connectivity index (χ0) is 12.3. The average molecular weight is 256 g/mol. The highest BCUT2D eigenvalue weighted by Gasteiger charge is 2.28. The second-order valence-corrected chi connectivity index (χ2v) is 4.97. The van der Waals surface area contributed by atoms with Crippen LogP contribution >= 0.6 is 11.3 Å². The quantitative estimate of drug-likeness (QED) is 0.826. The molecule has 0 radical (unpaired) electrons. The maximum atomic E-state index is 12.2. The number of amides is 1. The van der Waals surface area contributed by atoms with Crippen molar-refractivity contribution in [1.82, 2.24) is 15.1 Å². The fourth-order valence-electron chi connectivity index (χ4n) is 1.99. The zero-order valence-corrected chi connectivity index (χ0v) is 10.5. The normalized spacial score (nSPS) is 20.4. The van der Waals surface area contributed by atoms with Crippen LogP contribution in [-0.2, 0) is 0 Å². The molecule has 2 heterocycles. The van der Waals surface area contributed by atoms with Gasteiger partial charge in [-0.3, -0.25) is 4.79 Å². The molecule has 1 saturated heterocycles. The number of rotatable bonds is 3. The van der Waals surface area contributed by atoms with Crippen LogP contribution in [0.1, 0.15) is 29.1 Å². The number of carbonyl (C=O) groups is 1. The molecule has 0 spiro atoms. The van der Waals surface area contributed by atoms with Crippen LogP contribution in [0.2, 0.25) is 0 Å². The molecule has 1 atom stereocenters. The first kappa shape index (κ1) is 12.3. The van der Waals surface area contributed by atoms with Crippen molar-refractivity contribution in [1.29, 1.82) is 0 Å². The van der Waals surface area contributed by atoms with E-state index in [9.17, 15) is 9.90 Å². The average Bonchev–Trinajstić information content (AvgIpc) is 2.86. The van der Waals surface area contributed by atoms with Crippen LogP contribution in [0.4, 0.5) is 5.13 Å². The van der Waals surface area contributed by atoms with E-state index >= 15 is 0 Å². The molecule has 1 aromatic rings. The van der Waals surface area contributed by atoms with Gasteiger partial charge in [0.05, 0.1) is 12.6 Å². The van der Waals surface area contributed by atoms with Crippen LogP contribution < -0.4 is 5.32 Å². The van der Waals surface area contributed by atoms with Gasteiger partial charge in [-0.15, -0.1) is 10.2 Å². The molecular weight excluding hydrogens is 240 g/mol. The smallest absolute Gasteiger partial charge is 0.285 e. The zero-order valence-electron chi connectivity index (χ0n) is 9.72. The molecule has 0 saturated carbocycles. The standard InChI is InChI=1S/C10H16N4O2S/c1-11-10-13-12-8(17-10)9(16)14-5-3-2-4-7(14)6-15/h7,15H,2-6H2,1H3,(H,11,13). The predicted octanol–water partition coefficient (Wildman–Crippen LogP) is 0.567. The molecule has 94 valence electrons. The van der Waals surface area contributed by atoms with Crippen molar-refractivity contribution in [3.8, 4) is 0 Å². The number of aromatic nitrogens is 2. The number of aliphatic hydroxyl groups is 1. The number of carbonyl (C=O) groups excluding carboxylic acids is 1. The van der Waals surface area contributed by atoms with Gasteiger partial charge in [0.15, 0.2) is 0 Å². The van der Waals surface area contributed by atoms with Crippen molar-refractivity contribution < 1.29 is 9.90 Å². The molecule has 17 heavy (non-hydrogen) atoms. The Kier molecular flexibility index (Phi) is 3.90. The lowest BCUT2D eigenvalue weighted by Gasteiger charge is -2.33. The monoisotopic (exact) mass is 256 g/mol. The summed E-state index contributed by atoms with van der Waals surface area (Å²) < 4.78 is 0. The lowest BCUT2D eigenvalue weighted by molar-refractivity contribution is 0.0502. The number of piperidine rings is 1. The highest BCUT2D eigenvalue weighted by atomic mass is 32.1. The number of nitrogens with zero attached hydrogens (tertiary/aromatic N) is 3. The number of hydrogen-bond donors (Lipinski definition) is 2. The number of aliphatic hydroxyl groups excluding tert-OH is 1. The first-order valence-corrected chi connectivity index (χ1v) is 6.51.